The zero-order valence-electron chi connectivity index (χ0n) is 15.8. The van der Waals surface area contributed by atoms with Gasteiger partial charge >= 0.3 is 0 Å². The van der Waals surface area contributed by atoms with E-state index in [4.69, 9.17) is 14.5 Å². The van der Waals surface area contributed by atoms with E-state index in [9.17, 15) is 0 Å². The van der Waals surface area contributed by atoms with Crippen molar-refractivity contribution in [3.8, 4) is 5.75 Å². The number of hydrogen-bond donors (Lipinski definition) is 0. The lowest BCUT2D eigenvalue weighted by atomic mass is 9.99. The molecule has 27 heavy (non-hydrogen) atoms. The van der Waals surface area contributed by atoms with Crippen LogP contribution in [0.1, 0.15) is 22.7 Å². The third kappa shape index (κ3) is 3.28. The topological polar surface area (TPSA) is 50.7 Å². The summed E-state index contributed by atoms with van der Waals surface area (Å²) >= 11 is 0. The first kappa shape index (κ1) is 17.0. The highest BCUT2D eigenvalue weighted by Gasteiger charge is 2.41. The van der Waals surface area contributed by atoms with E-state index in [0.29, 0.717) is 11.8 Å². The van der Waals surface area contributed by atoms with Crippen LogP contribution in [-0.4, -0.2) is 61.4 Å². The number of morpholine rings is 1. The van der Waals surface area contributed by atoms with E-state index in [2.05, 4.69) is 33.1 Å². The molecular formula is C21H26N4O2. The zero-order chi connectivity index (χ0) is 18.2. The lowest BCUT2D eigenvalue weighted by Crippen LogP contribution is -2.37. The molecule has 0 N–H and O–H groups in total. The predicted octanol–water partition coefficient (Wildman–Crippen LogP) is 2.09. The third-order valence-electron chi connectivity index (χ3n) is 6.09. The lowest BCUT2D eigenvalue weighted by Gasteiger charge is -2.27. The summed E-state index contributed by atoms with van der Waals surface area (Å²) in [6.45, 7) is 6.52. The molecule has 0 amide bonds. The molecule has 6 heteroatoms. The zero-order valence-corrected chi connectivity index (χ0v) is 15.8. The number of fused-ring (bicyclic) bond motifs is 3. The summed E-state index contributed by atoms with van der Waals surface area (Å²) in [7, 11) is 1.71. The van der Waals surface area contributed by atoms with Crippen LogP contribution in [0.5, 0.6) is 5.75 Å². The molecular weight excluding hydrogens is 340 g/mol. The smallest absolute Gasteiger partial charge is 0.225 e. The maximum Gasteiger partial charge on any atom is 0.225 e. The quantitative estimate of drug-likeness (QED) is 0.826. The Morgan fingerprint density at radius 3 is 2.74 bits per heavy atom. The largest absolute Gasteiger partial charge is 0.497 e. The van der Waals surface area contributed by atoms with E-state index >= 15 is 0 Å². The minimum atomic E-state index is 0.543. The van der Waals surface area contributed by atoms with Crippen molar-refractivity contribution >= 4 is 5.95 Å². The van der Waals surface area contributed by atoms with Gasteiger partial charge < -0.3 is 14.4 Å². The Bertz CT molecular complexity index is 804. The normalized spacial score (nSPS) is 24.7. The van der Waals surface area contributed by atoms with Gasteiger partial charge in [0.1, 0.15) is 5.75 Å². The average Bonchev–Trinajstić information content (AvgIpc) is 3.26. The van der Waals surface area contributed by atoms with Gasteiger partial charge in [0.2, 0.25) is 5.95 Å². The molecule has 2 atom stereocenters. The van der Waals surface area contributed by atoms with Gasteiger partial charge in [-0.1, -0.05) is 12.1 Å². The number of anilines is 1. The fourth-order valence-electron chi connectivity index (χ4n) is 4.68. The Balaban J connectivity index is 1.29. The van der Waals surface area contributed by atoms with Crippen LogP contribution >= 0.6 is 0 Å². The number of methoxy groups -OCH3 is 1. The molecule has 1 aromatic heterocycles. The van der Waals surface area contributed by atoms with Gasteiger partial charge in [-0.05, 0) is 35.6 Å². The van der Waals surface area contributed by atoms with Crippen LogP contribution in [0.3, 0.4) is 0 Å². The second-order valence-corrected chi connectivity index (χ2v) is 7.79. The minimum Gasteiger partial charge on any atom is -0.497 e. The van der Waals surface area contributed by atoms with Crippen molar-refractivity contribution in [3.63, 3.8) is 0 Å². The van der Waals surface area contributed by atoms with E-state index in [1.54, 1.807) is 7.11 Å². The van der Waals surface area contributed by atoms with Crippen LogP contribution in [0.25, 0.3) is 0 Å². The minimum absolute atomic E-state index is 0.543. The third-order valence-corrected chi connectivity index (χ3v) is 6.09. The Morgan fingerprint density at radius 2 is 1.96 bits per heavy atom. The molecule has 1 aromatic carbocycles. The fourth-order valence-corrected chi connectivity index (χ4v) is 4.68. The molecule has 5 rings (SSSR count). The highest BCUT2D eigenvalue weighted by atomic mass is 16.5. The van der Waals surface area contributed by atoms with Crippen molar-refractivity contribution < 1.29 is 9.47 Å². The summed E-state index contributed by atoms with van der Waals surface area (Å²) in [6, 6.07) is 8.42. The number of rotatable bonds is 4. The summed E-state index contributed by atoms with van der Waals surface area (Å²) < 4.78 is 10.7. The Kier molecular flexibility index (Phi) is 4.45. The molecule has 0 spiro atoms. The molecule has 3 heterocycles. The average molecular weight is 366 g/mol. The van der Waals surface area contributed by atoms with Crippen molar-refractivity contribution in [2.45, 2.75) is 18.9 Å². The van der Waals surface area contributed by atoms with Crippen molar-refractivity contribution in [2.75, 3.05) is 51.4 Å². The Morgan fingerprint density at radius 1 is 1.15 bits per heavy atom. The Labute approximate surface area is 160 Å². The molecule has 6 nitrogen and oxygen atoms in total. The SMILES string of the molecule is COc1ccc(CN2C[C@H]3Cc4cnc(N5CCOCC5)nc4[C@H]3C2)cc1. The molecule has 0 saturated carbocycles. The maximum absolute atomic E-state index is 5.46. The van der Waals surface area contributed by atoms with Crippen molar-refractivity contribution in [1.29, 1.82) is 0 Å². The number of aromatic nitrogens is 2. The van der Waals surface area contributed by atoms with E-state index in [-0.39, 0.29) is 0 Å². The molecule has 0 unspecified atom stereocenters. The van der Waals surface area contributed by atoms with Crippen molar-refractivity contribution in [1.82, 2.24) is 14.9 Å². The second-order valence-electron chi connectivity index (χ2n) is 7.79. The van der Waals surface area contributed by atoms with E-state index in [1.165, 1.54) is 16.8 Å². The molecule has 2 saturated heterocycles. The molecule has 3 aliphatic rings. The van der Waals surface area contributed by atoms with E-state index in [0.717, 1.165) is 64.1 Å². The van der Waals surface area contributed by atoms with Gasteiger partial charge in [-0.2, -0.15) is 0 Å². The summed E-state index contributed by atoms with van der Waals surface area (Å²) in [5.41, 5.74) is 3.98. The van der Waals surface area contributed by atoms with Gasteiger partial charge in [0.15, 0.2) is 0 Å². The van der Waals surface area contributed by atoms with Gasteiger partial charge in [-0.3, -0.25) is 4.90 Å². The van der Waals surface area contributed by atoms with Crippen LogP contribution < -0.4 is 9.64 Å². The molecule has 0 radical (unpaired) electrons. The molecule has 2 aromatic rings. The second kappa shape index (κ2) is 7.09. The highest BCUT2D eigenvalue weighted by Crippen LogP contribution is 2.42. The summed E-state index contributed by atoms with van der Waals surface area (Å²) in [4.78, 5) is 14.5. The fraction of sp³-hybridized carbons (Fsp3) is 0.524. The van der Waals surface area contributed by atoms with Crippen LogP contribution in [0.15, 0.2) is 30.5 Å². The van der Waals surface area contributed by atoms with Gasteiger partial charge in [-0.15, -0.1) is 0 Å². The molecule has 142 valence electrons. The van der Waals surface area contributed by atoms with Gasteiger partial charge in [-0.25, -0.2) is 9.97 Å². The van der Waals surface area contributed by atoms with Crippen molar-refractivity contribution in [3.05, 3.63) is 47.3 Å². The number of nitrogens with zero attached hydrogens (tertiary/aromatic N) is 4. The number of hydrogen-bond acceptors (Lipinski definition) is 6. The lowest BCUT2D eigenvalue weighted by molar-refractivity contribution is 0.122. The van der Waals surface area contributed by atoms with Crippen LogP contribution in [-0.2, 0) is 17.7 Å². The highest BCUT2D eigenvalue weighted by molar-refractivity contribution is 5.39. The molecule has 1 aliphatic carbocycles. The monoisotopic (exact) mass is 366 g/mol. The van der Waals surface area contributed by atoms with Crippen LogP contribution in [0, 0.1) is 5.92 Å². The first-order valence-corrected chi connectivity index (χ1v) is 9.84. The van der Waals surface area contributed by atoms with Gasteiger partial charge in [0.25, 0.3) is 0 Å². The summed E-state index contributed by atoms with van der Waals surface area (Å²) in [6.07, 6.45) is 3.18. The first-order chi connectivity index (χ1) is 13.3. The standard InChI is InChI=1S/C21H26N4O2/c1-26-18-4-2-15(3-5-18)12-24-13-17-10-16-11-22-21(23-20(16)19(17)14-24)25-6-8-27-9-7-25/h2-5,11,17,19H,6-10,12-14H2,1H3/t17-,19+/m1/s1. The Hall–Kier alpha value is -2.18. The maximum atomic E-state index is 5.46. The molecule has 2 fully saturated rings. The predicted molar refractivity (Wildman–Crippen MR) is 103 cm³/mol. The van der Waals surface area contributed by atoms with Crippen LogP contribution in [0.2, 0.25) is 0 Å². The number of ether oxygens (including phenoxy) is 2. The van der Waals surface area contributed by atoms with Crippen molar-refractivity contribution in [2.24, 2.45) is 5.92 Å². The van der Waals surface area contributed by atoms with E-state index in [1.807, 2.05) is 12.1 Å². The van der Waals surface area contributed by atoms with Gasteiger partial charge in [0.05, 0.1) is 26.0 Å². The molecule has 0 bridgehead atoms. The number of benzene rings is 1. The summed E-state index contributed by atoms with van der Waals surface area (Å²) in [5.74, 6) is 3.01. The van der Waals surface area contributed by atoms with Crippen LogP contribution in [0.4, 0.5) is 5.95 Å². The van der Waals surface area contributed by atoms with Gasteiger partial charge in [0, 0.05) is 44.8 Å². The molecule has 2 aliphatic heterocycles. The summed E-state index contributed by atoms with van der Waals surface area (Å²) in [5, 5.41) is 0. The van der Waals surface area contributed by atoms with E-state index < -0.39 is 0 Å². The number of likely N-dealkylation sites (tertiary alicyclic amines) is 1. The first-order valence-electron chi connectivity index (χ1n) is 9.84.